The summed E-state index contributed by atoms with van der Waals surface area (Å²) in [6, 6.07) is 3.17. The van der Waals surface area contributed by atoms with Crippen LogP contribution >= 0.6 is 0 Å². The molecule has 1 fully saturated rings. The molecule has 2 unspecified atom stereocenters. The summed E-state index contributed by atoms with van der Waals surface area (Å²) in [6.07, 6.45) is 0. The number of hydrogen-bond acceptors (Lipinski definition) is 2. The van der Waals surface area contributed by atoms with E-state index in [1.165, 1.54) is 6.07 Å². The molecule has 1 aliphatic heterocycles. The first kappa shape index (κ1) is 15.4. The summed E-state index contributed by atoms with van der Waals surface area (Å²) in [5, 5.41) is 12.0. The molecular formula is C16H22N2O3. The summed E-state index contributed by atoms with van der Waals surface area (Å²) in [5.74, 6) is 0.00489. The van der Waals surface area contributed by atoms with Gasteiger partial charge in [0.1, 0.15) is 0 Å². The second-order valence-corrected chi connectivity index (χ2v) is 6.06. The van der Waals surface area contributed by atoms with Crippen LogP contribution in [0.5, 0.6) is 0 Å². The van der Waals surface area contributed by atoms with Gasteiger partial charge in [-0.25, -0.2) is 9.59 Å². The first-order valence-electron chi connectivity index (χ1n) is 7.20. The Kier molecular flexibility index (Phi) is 4.21. The highest BCUT2D eigenvalue weighted by Crippen LogP contribution is 2.24. The van der Waals surface area contributed by atoms with E-state index in [9.17, 15) is 14.7 Å². The van der Waals surface area contributed by atoms with Crippen molar-refractivity contribution in [3.8, 4) is 0 Å². The van der Waals surface area contributed by atoms with Gasteiger partial charge in [-0.05, 0) is 48.9 Å². The van der Waals surface area contributed by atoms with Crippen molar-refractivity contribution in [2.24, 2.45) is 11.8 Å². The Hall–Kier alpha value is -2.04. The number of benzene rings is 1. The maximum atomic E-state index is 12.3. The number of aromatic carboxylic acids is 1. The lowest BCUT2D eigenvalue weighted by atomic mass is 10.0. The largest absolute Gasteiger partial charge is 0.478 e. The van der Waals surface area contributed by atoms with Crippen LogP contribution in [0.15, 0.2) is 12.1 Å². The van der Waals surface area contributed by atoms with Crippen molar-refractivity contribution < 1.29 is 14.7 Å². The van der Waals surface area contributed by atoms with Crippen molar-refractivity contribution in [2.45, 2.75) is 27.7 Å². The van der Waals surface area contributed by atoms with Crippen LogP contribution in [-0.2, 0) is 0 Å². The zero-order valence-corrected chi connectivity index (χ0v) is 12.9. The molecule has 0 aliphatic carbocycles. The molecule has 1 saturated heterocycles. The van der Waals surface area contributed by atoms with Gasteiger partial charge in [0.05, 0.1) is 5.56 Å². The molecule has 2 N–H and O–H groups in total. The number of rotatable bonds is 2. The molecule has 1 aromatic rings. The van der Waals surface area contributed by atoms with Gasteiger partial charge in [-0.2, -0.15) is 0 Å². The molecule has 1 aromatic carbocycles. The topological polar surface area (TPSA) is 69.6 Å². The van der Waals surface area contributed by atoms with Gasteiger partial charge in [0.2, 0.25) is 0 Å². The highest BCUT2D eigenvalue weighted by atomic mass is 16.4. The van der Waals surface area contributed by atoms with Crippen molar-refractivity contribution in [3.05, 3.63) is 28.8 Å². The van der Waals surface area contributed by atoms with Crippen molar-refractivity contribution in [3.63, 3.8) is 0 Å². The quantitative estimate of drug-likeness (QED) is 0.879. The number of hydrogen-bond donors (Lipinski definition) is 2. The molecule has 1 heterocycles. The van der Waals surface area contributed by atoms with Gasteiger partial charge in [-0.15, -0.1) is 0 Å². The summed E-state index contributed by atoms with van der Waals surface area (Å²) in [4.78, 5) is 25.3. The van der Waals surface area contributed by atoms with Crippen molar-refractivity contribution in [2.75, 3.05) is 18.4 Å². The summed E-state index contributed by atoms with van der Waals surface area (Å²) in [6.45, 7) is 9.37. The fourth-order valence-corrected chi connectivity index (χ4v) is 2.65. The Bertz CT molecular complexity index is 573. The molecule has 0 aromatic heterocycles. The van der Waals surface area contributed by atoms with E-state index in [0.717, 1.165) is 24.2 Å². The number of urea groups is 1. The Morgan fingerprint density at radius 3 is 2.29 bits per heavy atom. The Morgan fingerprint density at radius 1 is 1.19 bits per heavy atom. The minimum absolute atomic E-state index is 0.161. The maximum Gasteiger partial charge on any atom is 0.336 e. The standard InChI is InChI=1S/C16H22N2O3/c1-9-5-13(6-14(12(9)4)15(19)20)17-16(21)18-7-10(2)11(3)8-18/h5-6,10-11H,7-8H2,1-4H3,(H,17,21)(H,19,20). The van der Waals surface area contributed by atoms with E-state index in [1.807, 2.05) is 13.0 Å². The molecule has 2 atom stereocenters. The third kappa shape index (κ3) is 3.17. The van der Waals surface area contributed by atoms with Crippen LogP contribution in [0.2, 0.25) is 0 Å². The van der Waals surface area contributed by atoms with Crippen LogP contribution in [0.3, 0.4) is 0 Å². The van der Waals surface area contributed by atoms with Gasteiger partial charge >= 0.3 is 12.0 Å². The fourth-order valence-electron chi connectivity index (χ4n) is 2.65. The van der Waals surface area contributed by atoms with Crippen LogP contribution in [0.25, 0.3) is 0 Å². The molecule has 5 nitrogen and oxygen atoms in total. The third-order valence-corrected chi connectivity index (χ3v) is 4.42. The van der Waals surface area contributed by atoms with E-state index >= 15 is 0 Å². The zero-order valence-electron chi connectivity index (χ0n) is 12.9. The third-order valence-electron chi connectivity index (χ3n) is 4.42. The lowest BCUT2D eigenvalue weighted by Crippen LogP contribution is -2.33. The summed E-state index contributed by atoms with van der Waals surface area (Å²) >= 11 is 0. The molecule has 0 spiro atoms. The number of carboxylic acids is 1. The van der Waals surface area contributed by atoms with Gasteiger partial charge < -0.3 is 15.3 Å². The summed E-state index contributed by atoms with van der Waals surface area (Å²) < 4.78 is 0. The highest BCUT2D eigenvalue weighted by Gasteiger charge is 2.29. The number of likely N-dealkylation sites (tertiary alicyclic amines) is 1. The number of amides is 2. The molecule has 0 bridgehead atoms. The predicted molar refractivity (Wildman–Crippen MR) is 81.8 cm³/mol. The smallest absolute Gasteiger partial charge is 0.336 e. The van der Waals surface area contributed by atoms with Gasteiger partial charge in [0.25, 0.3) is 0 Å². The van der Waals surface area contributed by atoms with Gasteiger partial charge in [-0.1, -0.05) is 13.8 Å². The van der Waals surface area contributed by atoms with E-state index in [4.69, 9.17) is 0 Å². The lowest BCUT2D eigenvalue weighted by Gasteiger charge is -2.18. The molecule has 2 amide bonds. The van der Waals surface area contributed by atoms with E-state index in [0.29, 0.717) is 17.5 Å². The minimum atomic E-state index is -0.977. The molecule has 0 saturated carbocycles. The molecular weight excluding hydrogens is 268 g/mol. The average molecular weight is 290 g/mol. The molecule has 1 aliphatic rings. The van der Waals surface area contributed by atoms with E-state index in [2.05, 4.69) is 19.2 Å². The average Bonchev–Trinajstić information content (AvgIpc) is 2.73. The number of nitrogens with zero attached hydrogens (tertiary/aromatic N) is 1. The van der Waals surface area contributed by atoms with Gasteiger partial charge in [0, 0.05) is 18.8 Å². The number of carboxylic acid groups (broad SMARTS) is 1. The first-order valence-corrected chi connectivity index (χ1v) is 7.20. The Morgan fingerprint density at radius 2 is 1.76 bits per heavy atom. The van der Waals surface area contributed by atoms with Crippen molar-refractivity contribution in [1.82, 2.24) is 4.90 Å². The molecule has 114 valence electrons. The first-order chi connectivity index (χ1) is 9.79. The second-order valence-electron chi connectivity index (χ2n) is 6.06. The van der Waals surface area contributed by atoms with Gasteiger partial charge in [-0.3, -0.25) is 0 Å². The number of carbonyl (C=O) groups is 2. The number of anilines is 1. The maximum absolute atomic E-state index is 12.3. The molecule has 2 rings (SSSR count). The lowest BCUT2D eigenvalue weighted by molar-refractivity contribution is 0.0696. The Labute approximate surface area is 125 Å². The van der Waals surface area contributed by atoms with E-state index < -0.39 is 5.97 Å². The van der Waals surface area contributed by atoms with Crippen LogP contribution in [-0.4, -0.2) is 35.1 Å². The van der Waals surface area contributed by atoms with E-state index in [1.54, 1.807) is 11.8 Å². The van der Waals surface area contributed by atoms with E-state index in [-0.39, 0.29) is 11.6 Å². The number of aryl methyl sites for hydroxylation is 1. The minimum Gasteiger partial charge on any atom is -0.478 e. The van der Waals surface area contributed by atoms with Crippen molar-refractivity contribution in [1.29, 1.82) is 0 Å². The second kappa shape index (κ2) is 5.76. The fraction of sp³-hybridized carbons (Fsp3) is 0.500. The van der Waals surface area contributed by atoms with Crippen LogP contribution in [0, 0.1) is 25.7 Å². The summed E-state index contributed by atoms with van der Waals surface area (Å²) in [7, 11) is 0. The molecule has 21 heavy (non-hydrogen) atoms. The van der Waals surface area contributed by atoms with Crippen LogP contribution in [0.4, 0.5) is 10.5 Å². The number of nitrogens with one attached hydrogen (secondary N) is 1. The highest BCUT2D eigenvalue weighted by molar-refractivity contribution is 5.94. The molecule has 5 heteroatoms. The van der Waals surface area contributed by atoms with Gasteiger partial charge in [0.15, 0.2) is 0 Å². The summed E-state index contributed by atoms with van der Waals surface area (Å²) in [5.41, 5.74) is 2.35. The number of carbonyl (C=O) groups excluding carboxylic acids is 1. The van der Waals surface area contributed by atoms with Crippen molar-refractivity contribution >= 4 is 17.7 Å². The predicted octanol–water partition coefficient (Wildman–Crippen LogP) is 3.12. The Balaban J connectivity index is 2.17. The normalized spacial score (nSPS) is 21.4. The zero-order chi connectivity index (χ0) is 15.7. The molecule has 0 radical (unpaired) electrons. The van der Waals surface area contributed by atoms with Crippen LogP contribution in [0.1, 0.15) is 35.3 Å². The SMILES string of the molecule is Cc1cc(NC(=O)N2CC(C)C(C)C2)cc(C(=O)O)c1C. The van der Waals surface area contributed by atoms with Crippen LogP contribution < -0.4 is 5.32 Å². The monoisotopic (exact) mass is 290 g/mol.